The molecule has 1 aromatic carbocycles. The maximum atomic E-state index is 12.9. The molecule has 0 bridgehead atoms. The molecular formula is C18H25FIN5. The van der Waals surface area contributed by atoms with Crippen molar-refractivity contribution in [1.29, 1.82) is 0 Å². The molecule has 1 heterocycles. The summed E-state index contributed by atoms with van der Waals surface area (Å²) in [5, 5.41) is 6.47. The summed E-state index contributed by atoms with van der Waals surface area (Å²) in [7, 11) is 3.93. The van der Waals surface area contributed by atoms with Crippen molar-refractivity contribution in [3.05, 3.63) is 59.5 Å². The number of anilines is 1. The van der Waals surface area contributed by atoms with Crippen LogP contribution >= 0.6 is 24.0 Å². The second kappa shape index (κ2) is 10.9. The van der Waals surface area contributed by atoms with Crippen LogP contribution < -0.4 is 15.5 Å². The summed E-state index contributed by atoms with van der Waals surface area (Å²) in [6.07, 6.45) is 0. The standard InChI is InChI=1S/C18H24FN5.HI/c1-4-20-18(21-12-14-8-10-15(19)11-9-14)22-13-16-6-5-7-17(23-16)24(2)3;/h5-11H,4,12-13H2,1-3H3,(H2,20,21,22);1H. The van der Waals surface area contributed by atoms with Gasteiger partial charge in [0.15, 0.2) is 5.96 Å². The molecule has 5 nitrogen and oxygen atoms in total. The maximum absolute atomic E-state index is 12.9. The third kappa shape index (κ3) is 7.25. The molecule has 0 atom stereocenters. The number of benzene rings is 1. The number of nitrogens with one attached hydrogen (secondary N) is 2. The van der Waals surface area contributed by atoms with E-state index in [9.17, 15) is 4.39 Å². The van der Waals surface area contributed by atoms with Gasteiger partial charge in [-0.1, -0.05) is 18.2 Å². The summed E-state index contributed by atoms with van der Waals surface area (Å²) in [4.78, 5) is 11.1. The maximum Gasteiger partial charge on any atom is 0.191 e. The van der Waals surface area contributed by atoms with Crippen molar-refractivity contribution in [3.8, 4) is 0 Å². The van der Waals surface area contributed by atoms with Crippen LogP contribution in [0.5, 0.6) is 0 Å². The quantitative estimate of drug-likeness (QED) is 0.398. The van der Waals surface area contributed by atoms with Crippen LogP contribution in [0.3, 0.4) is 0 Å². The lowest BCUT2D eigenvalue weighted by atomic mass is 10.2. The van der Waals surface area contributed by atoms with Crippen molar-refractivity contribution >= 4 is 35.8 Å². The predicted octanol–water partition coefficient (Wildman–Crippen LogP) is 3.16. The number of pyridine rings is 1. The molecule has 0 spiro atoms. The van der Waals surface area contributed by atoms with E-state index in [2.05, 4.69) is 20.6 Å². The highest BCUT2D eigenvalue weighted by atomic mass is 127. The minimum absolute atomic E-state index is 0. The molecule has 2 N–H and O–H groups in total. The number of aliphatic imine (C=N–C) groups is 1. The highest BCUT2D eigenvalue weighted by Gasteiger charge is 2.02. The Morgan fingerprint density at radius 2 is 1.84 bits per heavy atom. The minimum Gasteiger partial charge on any atom is -0.363 e. The van der Waals surface area contributed by atoms with Crippen LogP contribution in [0.15, 0.2) is 47.5 Å². The molecule has 136 valence electrons. The highest BCUT2D eigenvalue weighted by Crippen LogP contribution is 2.07. The highest BCUT2D eigenvalue weighted by molar-refractivity contribution is 14.0. The molecule has 0 saturated heterocycles. The zero-order chi connectivity index (χ0) is 17.4. The lowest BCUT2D eigenvalue weighted by Gasteiger charge is -2.14. The molecule has 1 aromatic heterocycles. The van der Waals surface area contributed by atoms with Crippen molar-refractivity contribution in [1.82, 2.24) is 15.6 Å². The topological polar surface area (TPSA) is 52.6 Å². The molecule has 0 unspecified atom stereocenters. The zero-order valence-corrected chi connectivity index (χ0v) is 17.1. The largest absolute Gasteiger partial charge is 0.363 e. The summed E-state index contributed by atoms with van der Waals surface area (Å²) < 4.78 is 12.9. The molecule has 2 aromatic rings. The van der Waals surface area contributed by atoms with Crippen molar-refractivity contribution in [2.24, 2.45) is 4.99 Å². The molecular weight excluding hydrogens is 432 g/mol. The fraction of sp³-hybridized carbons (Fsp3) is 0.333. The summed E-state index contributed by atoms with van der Waals surface area (Å²) >= 11 is 0. The Labute approximate surface area is 165 Å². The summed E-state index contributed by atoms with van der Waals surface area (Å²) in [5.41, 5.74) is 1.90. The first kappa shape index (κ1) is 21.1. The molecule has 0 radical (unpaired) electrons. The van der Waals surface area contributed by atoms with E-state index in [4.69, 9.17) is 0 Å². The number of nitrogens with zero attached hydrogens (tertiary/aromatic N) is 3. The van der Waals surface area contributed by atoms with Crippen LogP contribution in [0, 0.1) is 5.82 Å². The first-order valence-corrected chi connectivity index (χ1v) is 7.98. The number of halogens is 2. The lowest BCUT2D eigenvalue weighted by Crippen LogP contribution is -2.37. The van der Waals surface area contributed by atoms with E-state index in [0.29, 0.717) is 19.0 Å². The van der Waals surface area contributed by atoms with Crippen LogP contribution in [0.1, 0.15) is 18.2 Å². The van der Waals surface area contributed by atoms with Crippen LogP contribution in [0.4, 0.5) is 10.2 Å². The van der Waals surface area contributed by atoms with Gasteiger partial charge in [-0.3, -0.25) is 0 Å². The van der Waals surface area contributed by atoms with Gasteiger partial charge in [-0.05, 0) is 36.8 Å². The van der Waals surface area contributed by atoms with E-state index in [1.165, 1.54) is 12.1 Å². The molecule has 0 aliphatic heterocycles. The molecule has 2 rings (SSSR count). The second-order valence-corrected chi connectivity index (χ2v) is 5.56. The Balaban J connectivity index is 0.00000312. The third-order valence-corrected chi connectivity index (χ3v) is 3.36. The van der Waals surface area contributed by atoms with Crippen molar-refractivity contribution in [3.63, 3.8) is 0 Å². The molecule has 0 fully saturated rings. The van der Waals surface area contributed by atoms with Gasteiger partial charge in [-0.2, -0.15) is 0 Å². The Bertz CT molecular complexity index is 673. The Morgan fingerprint density at radius 1 is 1.12 bits per heavy atom. The zero-order valence-electron chi connectivity index (χ0n) is 14.8. The average molecular weight is 457 g/mol. The van der Waals surface area contributed by atoms with Crippen molar-refractivity contribution in [2.45, 2.75) is 20.0 Å². The van der Waals surface area contributed by atoms with Gasteiger partial charge in [0.25, 0.3) is 0 Å². The average Bonchev–Trinajstić information content (AvgIpc) is 2.59. The van der Waals surface area contributed by atoms with E-state index in [-0.39, 0.29) is 29.8 Å². The first-order valence-electron chi connectivity index (χ1n) is 7.98. The van der Waals surface area contributed by atoms with Crippen LogP contribution in [-0.4, -0.2) is 31.6 Å². The Hall–Kier alpha value is -1.90. The number of hydrogen-bond donors (Lipinski definition) is 2. The Kier molecular flexibility index (Phi) is 9.18. The van der Waals surface area contributed by atoms with Gasteiger partial charge in [0.05, 0.1) is 18.8 Å². The number of rotatable bonds is 6. The number of guanidine groups is 1. The van der Waals surface area contributed by atoms with Crippen LogP contribution in [0.25, 0.3) is 0 Å². The molecule has 0 aliphatic carbocycles. The fourth-order valence-corrected chi connectivity index (χ4v) is 2.09. The van der Waals surface area contributed by atoms with E-state index in [1.807, 2.05) is 44.1 Å². The summed E-state index contributed by atoms with van der Waals surface area (Å²) in [6.45, 7) is 3.85. The second-order valence-electron chi connectivity index (χ2n) is 5.56. The number of aromatic nitrogens is 1. The Morgan fingerprint density at radius 3 is 2.48 bits per heavy atom. The van der Waals surface area contributed by atoms with Crippen LogP contribution in [-0.2, 0) is 13.1 Å². The van der Waals surface area contributed by atoms with Gasteiger partial charge < -0.3 is 15.5 Å². The fourth-order valence-electron chi connectivity index (χ4n) is 2.09. The lowest BCUT2D eigenvalue weighted by molar-refractivity contribution is 0.627. The van der Waals surface area contributed by atoms with Crippen molar-refractivity contribution in [2.75, 3.05) is 25.5 Å². The van der Waals surface area contributed by atoms with E-state index < -0.39 is 0 Å². The van der Waals surface area contributed by atoms with Gasteiger partial charge in [-0.25, -0.2) is 14.4 Å². The van der Waals surface area contributed by atoms with Gasteiger partial charge >= 0.3 is 0 Å². The summed E-state index contributed by atoms with van der Waals surface area (Å²) in [5.74, 6) is 1.39. The first-order chi connectivity index (χ1) is 11.6. The smallest absolute Gasteiger partial charge is 0.191 e. The molecule has 7 heteroatoms. The van der Waals surface area contributed by atoms with E-state index in [1.54, 1.807) is 12.1 Å². The summed E-state index contributed by atoms with van der Waals surface area (Å²) in [6, 6.07) is 12.3. The third-order valence-electron chi connectivity index (χ3n) is 3.36. The SMILES string of the molecule is CCNC(=NCc1ccc(F)cc1)NCc1cccc(N(C)C)n1.I. The van der Waals surface area contributed by atoms with Gasteiger partial charge in [0, 0.05) is 20.6 Å². The van der Waals surface area contributed by atoms with E-state index in [0.717, 1.165) is 23.6 Å². The number of hydrogen-bond acceptors (Lipinski definition) is 3. The van der Waals surface area contributed by atoms with E-state index >= 15 is 0 Å². The molecule has 25 heavy (non-hydrogen) atoms. The van der Waals surface area contributed by atoms with Gasteiger partial charge in [0.1, 0.15) is 11.6 Å². The monoisotopic (exact) mass is 457 g/mol. The normalized spacial score (nSPS) is 10.8. The van der Waals surface area contributed by atoms with Gasteiger partial charge in [0.2, 0.25) is 0 Å². The minimum atomic E-state index is -0.236. The predicted molar refractivity (Wildman–Crippen MR) is 112 cm³/mol. The van der Waals surface area contributed by atoms with Crippen molar-refractivity contribution < 1.29 is 4.39 Å². The molecule has 0 amide bonds. The van der Waals surface area contributed by atoms with Crippen LogP contribution in [0.2, 0.25) is 0 Å². The molecule has 0 aliphatic rings. The van der Waals surface area contributed by atoms with Gasteiger partial charge in [-0.15, -0.1) is 24.0 Å². The molecule has 0 saturated carbocycles.